The molecule has 2 amide bonds. The highest BCUT2D eigenvalue weighted by Crippen LogP contribution is 2.23. The van der Waals surface area contributed by atoms with Crippen LogP contribution in [0.4, 0.5) is 0 Å². The summed E-state index contributed by atoms with van der Waals surface area (Å²) in [5, 5.41) is 0. The number of hydrogen-bond acceptors (Lipinski definition) is 3. The molecule has 0 bridgehead atoms. The molecular formula is C20H28N2O3. The van der Waals surface area contributed by atoms with Crippen molar-refractivity contribution in [2.24, 2.45) is 11.7 Å². The number of hydrogen-bond donors (Lipinski definition) is 1. The third-order valence-corrected chi connectivity index (χ3v) is 4.64. The van der Waals surface area contributed by atoms with Crippen LogP contribution in [-0.4, -0.2) is 35.9 Å². The summed E-state index contributed by atoms with van der Waals surface area (Å²) < 4.78 is 5.90. The Bertz CT molecular complexity index is 619. The molecule has 2 rings (SSSR count). The van der Waals surface area contributed by atoms with Crippen molar-refractivity contribution < 1.29 is 14.3 Å². The summed E-state index contributed by atoms with van der Waals surface area (Å²) in [6.45, 7) is 5.45. The van der Waals surface area contributed by atoms with Gasteiger partial charge in [0.2, 0.25) is 11.8 Å². The number of benzene rings is 1. The number of rotatable bonds is 7. The maximum absolute atomic E-state index is 12.4. The van der Waals surface area contributed by atoms with E-state index in [1.807, 2.05) is 42.2 Å². The molecule has 1 aliphatic heterocycles. The summed E-state index contributed by atoms with van der Waals surface area (Å²) in [4.78, 5) is 25.2. The summed E-state index contributed by atoms with van der Waals surface area (Å²) in [6.07, 6.45) is 6.56. The number of para-hydroxylation sites is 1. The normalized spacial score (nSPS) is 16.8. The van der Waals surface area contributed by atoms with E-state index in [0.29, 0.717) is 25.4 Å². The Morgan fingerprint density at radius 2 is 2.00 bits per heavy atom. The quantitative estimate of drug-likeness (QED) is 0.773. The summed E-state index contributed by atoms with van der Waals surface area (Å²) in [6, 6.07) is 7.73. The van der Waals surface area contributed by atoms with Crippen molar-refractivity contribution in [1.29, 1.82) is 0 Å². The standard InChI is InChI=1S/C20H28N2O3/c1-3-15(2)25-18-7-5-4-6-17(18)8-9-20(24)22-12-10-16(11-13-22)14-19(21)23/h4-9,15-16H,3,10-14H2,1-2H3,(H2,21,23)/b9-8+/t15-/m0/s1. The minimum Gasteiger partial charge on any atom is -0.490 e. The van der Waals surface area contributed by atoms with Crippen molar-refractivity contribution >= 4 is 17.9 Å². The molecule has 1 heterocycles. The molecule has 1 fully saturated rings. The number of piperidine rings is 1. The lowest BCUT2D eigenvalue weighted by atomic mass is 9.93. The van der Waals surface area contributed by atoms with Crippen LogP contribution in [0.25, 0.3) is 6.08 Å². The molecule has 5 nitrogen and oxygen atoms in total. The summed E-state index contributed by atoms with van der Waals surface area (Å²) in [7, 11) is 0. The van der Waals surface area contributed by atoms with Crippen LogP contribution >= 0.6 is 0 Å². The minimum atomic E-state index is -0.261. The maximum Gasteiger partial charge on any atom is 0.246 e. The van der Waals surface area contributed by atoms with Crippen molar-refractivity contribution in [2.45, 2.75) is 45.6 Å². The second kappa shape index (κ2) is 9.25. The molecular weight excluding hydrogens is 316 g/mol. The van der Waals surface area contributed by atoms with E-state index >= 15 is 0 Å². The van der Waals surface area contributed by atoms with Gasteiger partial charge in [0.1, 0.15) is 5.75 Å². The van der Waals surface area contributed by atoms with Crippen molar-refractivity contribution in [1.82, 2.24) is 4.90 Å². The van der Waals surface area contributed by atoms with Crippen LogP contribution in [0.2, 0.25) is 0 Å². The average molecular weight is 344 g/mol. The van der Waals surface area contributed by atoms with Crippen LogP contribution in [0.15, 0.2) is 30.3 Å². The summed E-state index contributed by atoms with van der Waals surface area (Å²) >= 11 is 0. The van der Waals surface area contributed by atoms with Gasteiger partial charge in [0, 0.05) is 31.1 Å². The van der Waals surface area contributed by atoms with E-state index in [-0.39, 0.29) is 17.9 Å². The molecule has 1 saturated heterocycles. The SMILES string of the molecule is CC[C@H](C)Oc1ccccc1/C=C/C(=O)N1CCC(CC(N)=O)CC1. The van der Waals surface area contributed by atoms with E-state index < -0.39 is 0 Å². The third kappa shape index (κ3) is 5.93. The Morgan fingerprint density at radius 3 is 2.64 bits per heavy atom. The zero-order valence-electron chi connectivity index (χ0n) is 15.1. The van der Waals surface area contributed by atoms with Gasteiger partial charge in [0.25, 0.3) is 0 Å². The Labute approximate surface area is 149 Å². The van der Waals surface area contributed by atoms with E-state index in [9.17, 15) is 9.59 Å². The topological polar surface area (TPSA) is 72.6 Å². The highest BCUT2D eigenvalue weighted by molar-refractivity contribution is 5.92. The molecule has 0 unspecified atom stereocenters. The molecule has 1 aromatic rings. The first-order chi connectivity index (χ1) is 12.0. The molecule has 5 heteroatoms. The molecule has 0 aromatic heterocycles. The second-order valence-corrected chi connectivity index (χ2v) is 6.65. The van der Waals surface area contributed by atoms with Crippen molar-refractivity contribution in [2.75, 3.05) is 13.1 Å². The van der Waals surface area contributed by atoms with Gasteiger partial charge in [0.05, 0.1) is 6.10 Å². The van der Waals surface area contributed by atoms with Crippen molar-refractivity contribution in [3.8, 4) is 5.75 Å². The van der Waals surface area contributed by atoms with E-state index in [2.05, 4.69) is 6.92 Å². The number of amides is 2. The van der Waals surface area contributed by atoms with Gasteiger partial charge in [-0.3, -0.25) is 9.59 Å². The average Bonchev–Trinajstić information content (AvgIpc) is 2.60. The first-order valence-corrected chi connectivity index (χ1v) is 9.00. The van der Waals surface area contributed by atoms with E-state index in [1.54, 1.807) is 6.08 Å². The van der Waals surface area contributed by atoms with Gasteiger partial charge in [0.15, 0.2) is 0 Å². The van der Waals surface area contributed by atoms with Gasteiger partial charge in [-0.25, -0.2) is 0 Å². The first-order valence-electron chi connectivity index (χ1n) is 9.00. The highest BCUT2D eigenvalue weighted by Gasteiger charge is 2.22. The molecule has 1 aromatic carbocycles. The zero-order valence-corrected chi connectivity index (χ0v) is 15.1. The molecule has 0 radical (unpaired) electrons. The number of carbonyl (C=O) groups is 2. The molecule has 0 saturated carbocycles. The van der Waals surface area contributed by atoms with E-state index in [4.69, 9.17) is 10.5 Å². The monoisotopic (exact) mass is 344 g/mol. The highest BCUT2D eigenvalue weighted by atomic mass is 16.5. The van der Waals surface area contributed by atoms with Gasteiger partial charge < -0.3 is 15.4 Å². The summed E-state index contributed by atoms with van der Waals surface area (Å²) in [5.41, 5.74) is 6.15. The third-order valence-electron chi connectivity index (χ3n) is 4.64. The fourth-order valence-corrected chi connectivity index (χ4v) is 2.93. The van der Waals surface area contributed by atoms with Crippen LogP contribution in [0, 0.1) is 5.92 Å². The van der Waals surface area contributed by atoms with Crippen molar-refractivity contribution in [3.05, 3.63) is 35.9 Å². The predicted molar refractivity (Wildman–Crippen MR) is 99.0 cm³/mol. The molecule has 25 heavy (non-hydrogen) atoms. The molecule has 136 valence electrons. The smallest absolute Gasteiger partial charge is 0.246 e. The largest absolute Gasteiger partial charge is 0.490 e. The van der Waals surface area contributed by atoms with Crippen molar-refractivity contribution in [3.63, 3.8) is 0 Å². The van der Waals surface area contributed by atoms with Gasteiger partial charge in [-0.2, -0.15) is 0 Å². The molecule has 2 N–H and O–H groups in total. The van der Waals surface area contributed by atoms with Crippen LogP contribution in [0.1, 0.15) is 45.1 Å². The van der Waals surface area contributed by atoms with E-state index in [0.717, 1.165) is 30.6 Å². The molecule has 1 aliphatic rings. The van der Waals surface area contributed by atoms with Crippen LogP contribution < -0.4 is 10.5 Å². The zero-order chi connectivity index (χ0) is 18.2. The lowest BCUT2D eigenvalue weighted by Crippen LogP contribution is -2.38. The predicted octanol–water partition coefficient (Wildman–Crippen LogP) is 2.99. The summed E-state index contributed by atoms with van der Waals surface area (Å²) in [5.74, 6) is 0.828. The van der Waals surface area contributed by atoms with Crippen LogP contribution in [0.5, 0.6) is 5.75 Å². The Hall–Kier alpha value is -2.30. The molecule has 0 spiro atoms. The van der Waals surface area contributed by atoms with Gasteiger partial charge in [-0.15, -0.1) is 0 Å². The van der Waals surface area contributed by atoms with Gasteiger partial charge in [-0.05, 0) is 44.2 Å². The number of nitrogens with zero attached hydrogens (tertiary/aromatic N) is 1. The molecule has 1 atom stereocenters. The van der Waals surface area contributed by atoms with Crippen LogP contribution in [-0.2, 0) is 9.59 Å². The number of primary amides is 1. The van der Waals surface area contributed by atoms with E-state index in [1.165, 1.54) is 0 Å². The fraction of sp³-hybridized carbons (Fsp3) is 0.500. The van der Waals surface area contributed by atoms with Crippen LogP contribution in [0.3, 0.4) is 0 Å². The fourth-order valence-electron chi connectivity index (χ4n) is 2.93. The Kier molecular flexibility index (Phi) is 7.04. The number of carbonyl (C=O) groups excluding carboxylic acids is 2. The Balaban J connectivity index is 1.94. The maximum atomic E-state index is 12.4. The Morgan fingerprint density at radius 1 is 1.32 bits per heavy atom. The second-order valence-electron chi connectivity index (χ2n) is 6.65. The lowest BCUT2D eigenvalue weighted by molar-refractivity contribution is -0.127. The first kappa shape index (κ1) is 19.0. The molecule has 0 aliphatic carbocycles. The number of nitrogens with two attached hydrogens (primary N) is 1. The number of ether oxygens (including phenoxy) is 1. The lowest BCUT2D eigenvalue weighted by Gasteiger charge is -2.30. The minimum absolute atomic E-state index is 0.00383. The van der Waals surface area contributed by atoms with Gasteiger partial charge in [-0.1, -0.05) is 25.1 Å². The van der Waals surface area contributed by atoms with Gasteiger partial charge >= 0.3 is 0 Å². The number of likely N-dealkylation sites (tertiary alicyclic amines) is 1.